The van der Waals surface area contributed by atoms with E-state index in [2.05, 4.69) is 12.0 Å². The van der Waals surface area contributed by atoms with Crippen molar-refractivity contribution >= 4 is 19.2 Å². The van der Waals surface area contributed by atoms with E-state index in [1.165, 1.54) is 0 Å². The molecule has 2 unspecified atom stereocenters. The first kappa shape index (κ1) is 6.89. The molecule has 0 saturated heterocycles. The van der Waals surface area contributed by atoms with Crippen LogP contribution >= 0.6 is 0 Å². The van der Waals surface area contributed by atoms with Gasteiger partial charge in [-0.2, -0.15) is 0 Å². The summed E-state index contributed by atoms with van der Waals surface area (Å²) >= 11 is 5.11. The van der Waals surface area contributed by atoms with Gasteiger partial charge in [-0.15, -0.1) is 0 Å². The molecule has 0 radical (unpaired) electrons. The van der Waals surface area contributed by atoms with Crippen LogP contribution in [0, 0.1) is 0 Å². The average Bonchev–Trinajstić information content (AvgIpc) is 1.97. The molecule has 3 nitrogen and oxygen atoms in total. The highest BCUT2D eigenvalue weighted by molar-refractivity contribution is 7.52. The lowest BCUT2D eigenvalue weighted by Crippen LogP contribution is -2.43. The van der Waals surface area contributed by atoms with Crippen LogP contribution in [0.15, 0.2) is 5.10 Å². The van der Waals surface area contributed by atoms with Crippen LogP contribution < -0.4 is 0 Å². The van der Waals surface area contributed by atoms with Crippen LogP contribution in [0.1, 0.15) is 6.92 Å². The highest BCUT2D eigenvalue weighted by Crippen LogP contribution is 2.15. The fraction of sp³-hybridized carbons (Fsp3) is 0.800. The van der Waals surface area contributed by atoms with E-state index >= 15 is 0 Å². The lowest BCUT2D eigenvalue weighted by molar-refractivity contribution is -0.807. The third-order valence-corrected chi connectivity index (χ3v) is 2.15. The lowest BCUT2D eigenvalue weighted by atomic mass is 10.5. The second-order valence-electron chi connectivity index (χ2n) is 2.47. The van der Waals surface area contributed by atoms with Crippen molar-refractivity contribution in [3.05, 3.63) is 0 Å². The van der Waals surface area contributed by atoms with Crippen molar-refractivity contribution < 1.29 is 4.00 Å². The second kappa shape index (κ2) is 1.88. The van der Waals surface area contributed by atoms with E-state index in [-0.39, 0.29) is 0 Å². The zero-order valence-corrected chi connectivity index (χ0v) is 6.72. The molecule has 1 heterocycles. The molecule has 0 aromatic heterocycles. The Hall–Kier alpha value is -0.220. The van der Waals surface area contributed by atoms with Gasteiger partial charge in [0.1, 0.15) is 6.34 Å². The standard InChI is InChI=1S/C5H11N3S/c1-5-7(2)4-6-8(5,3)9/h4-5H,1-3H3. The summed E-state index contributed by atoms with van der Waals surface area (Å²) in [4.78, 5) is 2.01. The SMILES string of the molecule is CC1N(C)C=N[N+]1(C)[S-]. The summed E-state index contributed by atoms with van der Waals surface area (Å²) in [5.74, 6) is 0. The van der Waals surface area contributed by atoms with Crippen molar-refractivity contribution in [3.8, 4) is 0 Å². The molecule has 0 saturated carbocycles. The second-order valence-corrected chi connectivity index (χ2v) is 3.21. The van der Waals surface area contributed by atoms with Crippen molar-refractivity contribution in [2.24, 2.45) is 5.10 Å². The van der Waals surface area contributed by atoms with Crippen molar-refractivity contribution in [2.75, 3.05) is 14.1 Å². The molecule has 52 valence electrons. The summed E-state index contributed by atoms with van der Waals surface area (Å²) in [6.07, 6.45) is 2.07. The van der Waals surface area contributed by atoms with Crippen molar-refractivity contribution in [1.29, 1.82) is 0 Å². The predicted molar refractivity (Wildman–Crippen MR) is 39.3 cm³/mol. The maximum Gasteiger partial charge on any atom is 0.169 e. The molecular weight excluding hydrogens is 134 g/mol. The van der Waals surface area contributed by atoms with E-state index < -0.39 is 0 Å². The van der Waals surface area contributed by atoms with E-state index in [1.54, 1.807) is 6.34 Å². The Labute approximate surface area is 61.1 Å². The zero-order valence-electron chi connectivity index (χ0n) is 5.90. The monoisotopic (exact) mass is 145 g/mol. The van der Waals surface area contributed by atoms with Gasteiger partial charge in [-0.25, -0.2) is 0 Å². The number of hydrogen-bond acceptors (Lipinski definition) is 3. The molecule has 9 heavy (non-hydrogen) atoms. The summed E-state index contributed by atoms with van der Waals surface area (Å²) in [5.41, 5.74) is 0. The number of rotatable bonds is 0. The Bertz CT molecular complexity index is 143. The van der Waals surface area contributed by atoms with Crippen LogP contribution in [0.4, 0.5) is 0 Å². The van der Waals surface area contributed by atoms with Gasteiger partial charge in [-0.3, -0.25) is 4.00 Å². The number of quaternary nitrogens is 1. The average molecular weight is 145 g/mol. The molecule has 1 rings (SSSR count). The minimum atomic E-state index is 0.292. The Kier molecular flexibility index (Phi) is 1.44. The van der Waals surface area contributed by atoms with Crippen LogP contribution in [0.5, 0.6) is 0 Å². The van der Waals surface area contributed by atoms with Gasteiger partial charge < -0.3 is 17.7 Å². The first-order chi connectivity index (χ1) is 4.04. The fourth-order valence-corrected chi connectivity index (χ4v) is 0.906. The molecule has 0 amide bonds. The molecule has 1 aliphatic rings. The zero-order chi connectivity index (χ0) is 7.07. The van der Waals surface area contributed by atoms with Crippen molar-refractivity contribution in [3.63, 3.8) is 0 Å². The third kappa shape index (κ3) is 1.04. The van der Waals surface area contributed by atoms with Gasteiger partial charge in [0.25, 0.3) is 0 Å². The molecule has 0 spiro atoms. The normalized spacial score (nSPS) is 42.2. The van der Waals surface area contributed by atoms with E-state index in [4.69, 9.17) is 12.8 Å². The molecule has 0 aromatic rings. The highest BCUT2D eigenvalue weighted by atomic mass is 32.1. The first-order valence-corrected chi connectivity index (χ1v) is 3.25. The summed E-state index contributed by atoms with van der Waals surface area (Å²) in [5, 5.41) is 4.08. The van der Waals surface area contributed by atoms with E-state index in [1.807, 2.05) is 19.0 Å². The van der Waals surface area contributed by atoms with E-state index in [0.717, 1.165) is 0 Å². The molecular formula is C5H11N3S. The Balaban J connectivity index is 2.74. The summed E-state index contributed by atoms with van der Waals surface area (Å²) < 4.78 is 0.302. The molecule has 1 aliphatic heterocycles. The van der Waals surface area contributed by atoms with Gasteiger partial charge >= 0.3 is 0 Å². The number of nitrogens with zero attached hydrogens (tertiary/aromatic N) is 3. The Morgan fingerprint density at radius 2 is 2.33 bits per heavy atom. The van der Waals surface area contributed by atoms with Crippen LogP contribution in [0.25, 0.3) is 0 Å². The van der Waals surface area contributed by atoms with Gasteiger partial charge in [0.15, 0.2) is 6.17 Å². The molecule has 0 fully saturated rings. The van der Waals surface area contributed by atoms with Crippen LogP contribution in [0.2, 0.25) is 0 Å². The molecule has 0 aliphatic carbocycles. The summed E-state index contributed by atoms with van der Waals surface area (Å²) in [6.45, 7) is 2.06. The maximum atomic E-state index is 5.11. The Morgan fingerprint density at radius 3 is 2.44 bits per heavy atom. The van der Waals surface area contributed by atoms with Gasteiger partial charge in [-0.1, -0.05) is 5.10 Å². The molecule has 0 bridgehead atoms. The van der Waals surface area contributed by atoms with Gasteiger partial charge in [0, 0.05) is 14.0 Å². The van der Waals surface area contributed by atoms with Crippen LogP contribution in [-0.4, -0.2) is 35.5 Å². The molecule has 0 N–H and O–H groups in total. The fourth-order valence-electron chi connectivity index (χ4n) is 0.715. The molecule has 0 aromatic carbocycles. The van der Waals surface area contributed by atoms with Crippen molar-refractivity contribution in [2.45, 2.75) is 13.1 Å². The minimum Gasteiger partial charge on any atom is -0.459 e. The Morgan fingerprint density at radius 1 is 1.78 bits per heavy atom. The first-order valence-electron chi connectivity index (χ1n) is 2.89. The molecule has 2 atom stereocenters. The minimum absolute atomic E-state index is 0.292. The van der Waals surface area contributed by atoms with Crippen LogP contribution in [-0.2, 0) is 12.8 Å². The van der Waals surface area contributed by atoms with Gasteiger partial charge in [-0.05, 0) is 0 Å². The smallest absolute Gasteiger partial charge is 0.169 e. The largest absolute Gasteiger partial charge is 0.459 e. The molecule has 4 heteroatoms. The predicted octanol–water partition coefficient (Wildman–Crippen LogP) is 0.130. The van der Waals surface area contributed by atoms with Crippen molar-refractivity contribution in [1.82, 2.24) is 4.90 Å². The third-order valence-electron chi connectivity index (χ3n) is 1.75. The van der Waals surface area contributed by atoms with Crippen LogP contribution in [0.3, 0.4) is 0 Å². The lowest BCUT2D eigenvalue weighted by Gasteiger charge is -2.35. The summed E-state index contributed by atoms with van der Waals surface area (Å²) in [6, 6.07) is 0. The number of hydrogen-bond donors (Lipinski definition) is 0. The summed E-state index contributed by atoms with van der Waals surface area (Å²) in [7, 11) is 3.88. The highest BCUT2D eigenvalue weighted by Gasteiger charge is 2.25. The topological polar surface area (TPSA) is 15.6 Å². The quantitative estimate of drug-likeness (QED) is 0.356. The van der Waals surface area contributed by atoms with E-state index in [0.29, 0.717) is 10.2 Å². The van der Waals surface area contributed by atoms with Gasteiger partial charge in [0.05, 0.1) is 7.05 Å². The van der Waals surface area contributed by atoms with E-state index in [9.17, 15) is 0 Å². The van der Waals surface area contributed by atoms with Gasteiger partial charge in [0.2, 0.25) is 0 Å². The maximum absolute atomic E-state index is 5.11.